The molecule has 0 saturated heterocycles. The van der Waals surface area contributed by atoms with Crippen LogP contribution >= 0.6 is 15.9 Å². The topological polar surface area (TPSA) is 22.1 Å². The fourth-order valence-corrected chi connectivity index (χ4v) is 1.45. The molecule has 2 aromatic rings. The Morgan fingerprint density at radius 2 is 1.94 bits per heavy atom. The van der Waals surface area contributed by atoms with Crippen LogP contribution in [0.3, 0.4) is 0 Å². The minimum absolute atomic E-state index is 0.160. The van der Waals surface area contributed by atoms with Crippen molar-refractivity contribution in [2.75, 3.05) is 0 Å². The Morgan fingerprint density at radius 3 is 2.69 bits per heavy atom. The largest absolute Gasteiger partial charge is 0.453 e. The molecule has 0 spiro atoms. The maximum absolute atomic E-state index is 13.3. The lowest BCUT2D eigenvalue weighted by Crippen LogP contribution is -1.90. The number of halogens is 3. The fourth-order valence-electron chi connectivity index (χ4n) is 1.12. The molecule has 82 valence electrons. The number of hydrogen-bond acceptors (Lipinski definition) is 2. The van der Waals surface area contributed by atoms with E-state index in [0.29, 0.717) is 10.2 Å². The highest BCUT2D eigenvalue weighted by Gasteiger charge is 2.08. The molecule has 2 nitrogen and oxygen atoms in total. The minimum atomic E-state index is -0.620. The number of pyridine rings is 1. The molecule has 0 aliphatic carbocycles. The summed E-state index contributed by atoms with van der Waals surface area (Å²) in [5, 5.41) is 0. The van der Waals surface area contributed by atoms with Crippen molar-refractivity contribution in [3.63, 3.8) is 0 Å². The van der Waals surface area contributed by atoms with E-state index in [-0.39, 0.29) is 5.75 Å². The van der Waals surface area contributed by atoms with Gasteiger partial charge in [-0.15, -0.1) is 0 Å². The smallest absolute Gasteiger partial charge is 0.166 e. The number of nitrogens with zero attached hydrogens (tertiary/aromatic N) is 1. The zero-order valence-corrected chi connectivity index (χ0v) is 9.54. The molecule has 2 rings (SSSR count). The van der Waals surface area contributed by atoms with Gasteiger partial charge in [-0.25, -0.2) is 8.78 Å². The van der Waals surface area contributed by atoms with Crippen LogP contribution in [0.1, 0.15) is 0 Å². The van der Waals surface area contributed by atoms with E-state index in [0.717, 1.165) is 18.2 Å². The number of hydrogen-bond donors (Lipinski definition) is 0. The summed E-state index contributed by atoms with van der Waals surface area (Å²) >= 11 is 3.19. The summed E-state index contributed by atoms with van der Waals surface area (Å²) in [7, 11) is 0. The van der Waals surface area contributed by atoms with Crippen molar-refractivity contribution < 1.29 is 13.5 Å². The second kappa shape index (κ2) is 4.57. The van der Waals surface area contributed by atoms with Crippen molar-refractivity contribution >= 4 is 15.9 Å². The van der Waals surface area contributed by atoms with E-state index in [9.17, 15) is 8.78 Å². The van der Waals surface area contributed by atoms with Crippen LogP contribution in [0.15, 0.2) is 41.1 Å². The predicted molar refractivity (Wildman–Crippen MR) is 58.4 cm³/mol. The Kier molecular flexibility index (Phi) is 3.14. The van der Waals surface area contributed by atoms with Crippen LogP contribution in [0.25, 0.3) is 0 Å². The lowest BCUT2D eigenvalue weighted by atomic mass is 10.3. The molecule has 0 radical (unpaired) electrons. The molecular formula is C11H6BrF2NO. The van der Waals surface area contributed by atoms with Crippen LogP contribution in [-0.2, 0) is 0 Å². The van der Waals surface area contributed by atoms with E-state index >= 15 is 0 Å². The van der Waals surface area contributed by atoms with E-state index < -0.39 is 11.6 Å². The summed E-state index contributed by atoms with van der Waals surface area (Å²) in [4.78, 5) is 3.83. The van der Waals surface area contributed by atoms with Crippen LogP contribution in [0.5, 0.6) is 11.5 Å². The number of ether oxygens (including phenoxy) is 1. The van der Waals surface area contributed by atoms with Crippen molar-refractivity contribution in [3.05, 3.63) is 52.8 Å². The second-order valence-corrected chi connectivity index (χ2v) is 3.84. The number of aromatic nitrogens is 1. The van der Waals surface area contributed by atoms with Gasteiger partial charge >= 0.3 is 0 Å². The van der Waals surface area contributed by atoms with Crippen molar-refractivity contribution in [3.8, 4) is 11.5 Å². The zero-order chi connectivity index (χ0) is 11.5. The second-order valence-electron chi connectivity index (χ2n) is 2.98. The summed E-state index contributed by atoms with van der Waals surface area (Å²) in [6.45, 7) is 0. The van der Waals surface area contributed by atoms with Gasteiger partial charge < -0.3 is 4.74 Å². The highest BCUT2D eigenvalue weighted by Crippen LogP contribution is 2.30. The molecule has 0 aliphatic rings. The quantitative estimate of drug-likeness (QED) is 0.835. The number of rotatable bonds is 2. The Balaban J connectivity index is 2.34. The monoisotopic (exact) mass is 285 g/mol. The van der Waals surface area contributed by atoms with Gasteiger partial charge in [0.15, 0.2) is 11.6 Å². The molecule has 1 aromatic carbocycles. The van der Waals surface area contributed by atoms with Gasteiger partial charge in [0.25, 0.3) is 0 Å². The molecule has 0 N–H and O–H groups in total. The fraction of sp³-hybridized carbons (Fsp3) is 0. The molecule has 0 amide bonds. The zero-order valence-electron chi connectivity index (χ0n) is 7.95. The molecule has 0 atom stereocenters. The first-order valence-electron chi connectivity index (χ1n) is 4.39. The third-order valence-corrected chi connectivity index (χ3v) is 2.44. The van der Waals surface area contributed by atoms with Crippen LogP contribution < -0.4 is 4.74 Å². The standard InChI is InChI=1S/C11H6BrF2NO/c12-8-6-15-4-3-10(8)16-11-5-7(13)1-2-9(11)14/h1-6H. The number of benzene rings is 1. The van der Waals surface area contributed by atoms with E-state index in [1.807, 2.05) is 0 Å². The Bertz CT molecular complexity index is 519. The third-order valence-electron chi connectivity index (χ3n) is 1.85. The summed E-state index contributed by atoms with van der Waals surface area (Å²) in [5.74, 6) is -0.960. The minimum Gasteiger partial charge on any atom is -0.453 e. The summed E-state index contributed by atoms with van der Waals surface area (Å²) in [5.41, 5.74) is 0. The molecule has 1 heterocycles. The first-order chi connectivity index (χ1) is 7.66. The van der Waals surface area contributed by atoms with Crippen LogP contribution in [0.4, 0.5) is 8.78 Å². The highest BCUT2D eigenvalue weighted by atomic mass is 79.9. The van der Waals surface area contributed by atoms with Crippen LogP contribution in [-0.4, -0.2) is 4.98 Å². The van der Waals surface area contributed by atoms with E-state index in [1.165, 1.54) is 12.4 Å². The molecule has 0 unspecified atom stereocenters. The van der Waals surface area contributed by atoms with Gasteiger partial charge in [-0.3, -0.25) is 4.98 Å². The molecule has 0 aliphatic heterocycles. The molecule has 0 bridgehead atoms. The predicted octanol–water partition coefficient (Wildman–Crippen LogP) is 3.91. The molecule has 1 aromatic heterocycles. The average Bonchev–Trinajstić information content (AvgIpc) is 2.27. The third kappa shape index (κ3) is 2.36. The van der Waals surface area contributed by atoms with Gasteiger partial charge in [0.05, 0.1) is 4.47 Å². The summed E-state index contributed by atoms with van der Waals surface area (Å²) in [6, 6.07) is 4.58. The molecule has 16 heavy (non-hydrogen) atoms. The maximum Gasteiger partial charge on any atom is 0.166 e. The van der Waals surface area contributed by atoms with Crippen molar-refractivity contribution in [2.24, 2.45) is 0 Å². The van der Waals surface area contributed by atoms with E-state index in [2.05, 4.69) is 20.9 Å². The van der Waals surface area contributed by atoms with Crippen molar-refractivity contribution in [1.82, 2.24) is 4.98 Å². The highest BCUT2D eigenvalue weighted by molar-refractivity contribution is 9.10. The van der Waals surface area contributed by atoms with E-state index in [4.69, 9.17) is 4.74 Å². The van der Waals surface area contributed by atoms with Gasteiger partial charge in [-0.2, -0.15) is 0 Å². The van der Waals surface area contributed by atoms with Gasteiger partial charge in [0.1, 0.15) is 11.6 Å². The molecule has 0 fully saturated rings. The van der Waals surface area contributed by atoms with Crippen molar-refractivity contribution in [1.29, 1.82) is 0 Å². The lowest BCUT2D eigenvalue weighted by Gasteiger charge is -2.07. The summed E-state index contributed by atoms with van der Waals surface area (Å²) < 4.78 is 31.9. The molecule has 5 heteroatoms. The molecular weight excluding hydrogens is 280 g/mol. The van der Waals surface area contributed by atoms with Crippen LogP contribution in [0, 0.1) is 11.6 Å². The molecule has 0 saturated carbocycles. The van der Waals surface area contributed by atoms with Gasteiger partial charge in [-0.05, 0) is 28.1 Å². The van der Waals surface area contributed by atoms with Gasteiger partial charge in [0, 0.05) is 24.5 Å². The SMILES string of the molecule is Fc1ccc(F)c(Oc2ccncc2Br)c1. The van der Waals surface area contributed by atoms with Gasteiger partial charge in [0.2, 0.25) is 0 Å². The van der Waals surface area contributed by atoms with Gasteiger partial charge in [-0.1, -0.05) is 0 Å². The van der Waals surface area contributed by atoms with Crippen LogP contribution in [0.2, 0.25) is 0 Å². The normalized spacial score (nSPS) is 10.2. The Morgan fingerprint density at radius 1 is 1.12 bits per heavy atom. The Labute approximate surface area is 99.0 Å². The average molecular weight is 286 g/mol. The maximum atomic E-state index is 13.3. The first kappa shape index (κ1) is 11.0. The first-order valence-corrected chi connectivity index (χ1v) is 5.18. The van der Waals surface area contributed by atoms with E-state index in [1.54, 1.807) is 6.07 Å². The Hall–Kier alpha value is -1.49. The summed E-state index contributed by atoms with van der Waals surface area (Å²) in [6.07, 6.45) is 3.00. The lowest BCUT2D eigenvalue weighted by molar-refractivity contribution is 0.434. The van der Waals surface area contributed by atoms with Crippen molar-refractivity contribution in [2.45, 2.75) is 0 Å².